The average molecular weight is 326 g/mol. The number of hydrogen-bond donors (Lipinski definition) is 1. The van der Waals surface area contributed by atoms with Crippen LogP contribution in [-0.4, -0.2) is 35.0 Å². The lowest BCUT2D eigenvalue weighted by molar-refractivity contribution is 0.0586. The van der Waals surface area contributed by atoms with Gasteiger partial charge in [0.25, 0.3) is 5.91 Å². The predicted octanol–water partition coefficient (Wildman–Crippen LogP) is 4.22. The molecule has 1 saturated heterocycles. The number of aromatic nitrogens is 1. The summed E-state index contributed by atoms with van der Waals surface area (Å²) in [5.74, 6) is 2.22. The number of carbonyl (C=O) groups is 1. The van der Waals surface area contributed by atoms with Crippen molar-refractivity contribution in [2.75, 3.05) is 13.7 Å². The van der Waals surface area contributed by atoms with Crippen molar-refractivity contribution in [2.45, 2.75) is 45.1 Å². The van der Waals surface area contributed by atoms with Gasteiger partial charge < -0.3 is 14.6 Å². The van der Waals surface area contributed by atoms with E-state index in [4.69, 9.17) is 4.74 Å². The number of likely N-dealkylation sites (tertiary alicyclic amines) is 1. The van der Waals surface area contributed by atoms with E-state index < -0.39 is 0 Å². The number of ether oxygens (including phenoxy) is 1. The fourth-order valence-electron chi connectivity index (χ4n) is 4.94. The molecule has 2 aromatic rings. The summed E-state index contributed by atoms with van der Waals surface area (Å²) in [4.78, 5) is 18.6. The molecule has 2 atom stereocenters. The second kappa shape index (κ2) is 5.54. The van der Waals surface area contributed by atoms with Crippen molar-refractivity contribution in [1.29, 1.82) is 0 Å². The number of benzene rings is 1. The third-order valence-electron chi connectivity index (χ3n) is 6.25. The van der Waals surface area contributed by atoms with Gasteiger partial charge in [-0.25, -0.2) is 0 Å². The van der Waals surface area contributed by atoms with Crippen molar-refractivity contribution in [3.8, 4) is 5.75 Å². The SMILES string of the molecule is COc1cccc2[nH]c(C(=O)N3CC4CCCCC4C3(C)C)cc12. The summed E-state index contributed by atoms with van der Waals surface area (Å²) < 4.78 is 5.42. The first-order valence-electron chi connectivity index (χ1n) is 9.00. The van der Waals surface area contributed by atoms with Crippen molar-refractivity contribution < 1.29 is 9.53 Å². The minimum absolute atomic E-state index is 0.0659. The number of H-pyrrole nitrogens is 1. The van der Waals surface area contributed by atoms with E-state index >= 15 is 0 Å². The van der Waals surface area contributed by atoms with Crippen LogP contribution in [0.4, 0.5) is 0 Å². The quantitative estimate of drug-likeness (QED) is 0.898. The Hall–Kier alpha value is -1.97. The van der Waals surface area contributed by atoms with Gasteiger partial charge in [0.05, 0.1) is 7.11 Å². The monoisotopic (exact) mass is 326 g/mol. The highest BCUT2D eigenvalue weighted by molar-refractivity contribution is 6.00. The van der Waals surface area contributed by atoms with Crippen molar-refractivity contribution in [3.63, 3.8) is 0 Å². The van der Waals surface area contributed by atoms with Gasteiger partial charge in [0.2, 0.25) is 0 Å². The molecule has 1 N–H and O–H groups in total. The van der Waals surface area contributed by atoms with Crippen molar-refractivity contribution in [3.05, 3.63) is 30.0 Å². The Kier molecular flexibility index (Phi) is 3.59. The lowest BCUT2D eigenvalue weighted by atomic mass is 9.73. The number of aromatic amines is 1. The Labute approximate surface area is 143 Å². The fourth-order valence-corrected chi connectivity index (χ4v) is 4.94. The first-order chi connectivity index (χ1) is 11.5. The molecule has 2 unspecified atom stereocenters. The Bertz CT molecular complexity index is 777. The van der Waals surface area contributed by atoms with Gasteiger partial charge in [-0.1, -0.05) is 18.9 Å². The molecule has 2 aliphatic rings. The number of methoxy groups -OCH3 is 1. The maximum Gasteiger partial charge on any atom is 0.270 e. The highest BCUT2D eigenvalue weighted by Gasteiger charge is 2.50. The summed E-state index contributed by atoms with van der Waals surface area (Å²) in [5.41, 5.74) is 1.55. The number of rotatable bonds is 2. The van der Waals surface area contributed by atoms with Crippen molar-refractivity contribution in [2.24, 2.45) is 11.8 Å². The van der Waals surface area contributed by atoms with Gasteiger partial charge in [-0.15, -0.1) is 0 Å². The van der Waals surface area contributed by atoms with E-state index in [2.05, 4.69) is 23.7 Å². The zero-order valence-electron chi connectivity index (χ0n) is 14.8. The Balaban J connectivity index is 1.68. The van der Waals surface area contributed by atoms with Gasteiger partial charge in [0.15, 0.2) is 0 Å². The van der Waals surface area contributed by atoms with E-state index in [1.54, 1.807) is 7.11 Å². The second-order valence-corrected chi connectivity index (χ2v) is 7.82. The fraction of sp³-hybridized carbons (Fsp3) is 0.550. The van der Waals surface area contributed by atoms with E-state index in [0.29, 0.717) is 17.5 Å². The summed E-state index contributed by atoms with van der Waals surface area (Å²) in [7, 11) is 1.66. The lowest BCUT2D eigenvalue weighted by Crippen LogP contribution is -2.46. The molecule has 1 aromatic heterocycles. The van der Waals surface area contributed by atoms with E-state index in [1.165, 1.54) is 25.7 Å². The molecule has 0 bridgehead atoms. The number of hydrogen-bond acceptors (Lipinski definition) is 2. The normalized spacial score (nSPS) is 25.7. The van der Waals surface area contributed by atoms with Crippen LogP contribution in [0.5, 0.6) is 5.75 Å². The summed E-state index contributed by atoms with van der Waals surface area (Å²) in [6.07, 6.45) is 5.12. The van der Waals surface area contributed by atoms with Gasteiger partial charge in [-0.3, -0.25) is 4.79 Å². The molecule has 1 saturated carbocycles. The Morgan fingerprint density at radius 1 is 1.29 bits per heavy atom. The van der Waals surface area contributed by atoms with Gasteiger partial charge in [0.1, 0.15) is 11.4 Å². The molecule has 1 aliphatic heterocycles. The summed E-state index contributed by atoms with van der Waals surface area (Å²) in [6, 6.07) is 7.80. The first kappa shape index (κ1) is 15.6. The summed E-state index contributed by atoms with van der Waals surface area (Å²) in [6.45, 7) is 5.37. The molecular weight excluding hydrogens is 300 g/mol. The van der Waals surface area contributed by atoms with Crippen molar-refractivity contribution in [1.82, 2.24) is 9.88 Å². The number of carbonyl (C=O) groups excluding carboxylic acids is 1. The molecule has 4 nitrogen and oxygen atoms in total. The minimum Gasteiger partial charge on any atom is -0.496 e. The topological polar surface area (TPSA) is 45.3 Å². The van der Waals surface area contributed by atoms with Crippen LogP contribution >= 0.6 is 0 Å². The van der Waals surface area contributed by atoms with Gasteiger partial charge in [-0.2, -0.15) is 0 Å². The first-order valence-corrected chi connectivity index (χ1v) is 9.00. The van der Waals surface area contributed by atoms with E-state index in [0.717, 1.165) is 23.2 Å². The lowest BCUT2D eigenvalue weighted by Gasteiger charge is -2.37. The standard InChI is InChI=1S/C20H26N2O2/c1-20(2)15-8-5-4-7-13(15)12-22(20)19(23)17-11-14-16(21-17)9-6-10-18(14)24-3/h6,9-11,13,15,21H,4-5,7-8,12H2,1-3H3. The number of fused-ring (bicyclic) bond motifs is 2. The number of amides is 1. The molecule has 1 aliphatic carbocycles. The van der Waals surface area contributed by atoms with Crippen LogP contribution in [0.15, 0.2) is 24.3 Å². The highest BCUT2D eigenvalue weighted by Crippen LogP contribution is 2.47. The maximum absolute atomic E-state index is 13.2. The smallest absolute Gasteiger partial charge is 0.270 e. The van der Waals surface area contributed by atoms with Crippen LogP contribution in [-0.2, 0) is 0 Å². The molecule has 0 spiro atoms. The third kappa shape index (κ3) is 2.23. The van der Waals surface area contributed by atoms with Crippen LogP contribution in [0, 0.1) is 11.8 Å². The van der Waals surface area contributed by atoms with Crippen LogP contribution in [0.1, 0.15) is 50.0 Å². The zero-order chi connectivity index (χ0) is 16.9. The third-order valence-corrected chi connectivity index (χ3v) is 6.25. The molecule has 2 heterocycles. The van der Waals surface area contributed by atoms with Crippen molar-refractivity contribution >= 4 is 16.8 Å². The maximum atomic E-state index is 13.2. The van der Waals surface area contributed by atoms with Gasteiger partial charge in [0, 0.05) is 23.0 Å². The molecule has 24 heavy (non-hydrogen) atoms. The molecule has 1 aromatic carbocycles. The predicted molar refractivity (Wildman–Crippen MR) is 95.4 cm³/mol. The van der Waals surface area contributed by atoms with Crippen LogP contribution in [0.25, 0.3) is 10.9 Å². The molecule has 4 heteroatoms. The molecule has 128 valence electrons. The van der Waals surface area contributed by atoms with E-state index in [1.807, 2.05) is 24.3 Å². The number of nitrogens with zero attached hydrogens (tertiary/aromatic N) is 1. The van der Waals surface area contributed by atoms with Crippen LogP contribution < -0.4 is 4.74 Å². The Morgan fingerprint density at radius 2 is 2.08 bits per heavy atom. The molecule has 1 amide bonds. The molecule has 4 rings (SSSR count). The Morgan fingerprint density at radius 3 is 2.83 bits per heavy atom. The second-order valence-electron chi connectivity index (χ2n) is 7.82. The molecule has 2 fully saturated rings. The minimum atomic E-state index is -0.0659. The number of nitrogens with one attached hydrogen (secondary N) is 1. The average Bonchev–Trinajstić information content (AvgIpc) is 3.13. The zero-order valence-corrected chi connectivity index (χ0v) is 14.8. The molecule has 0 radical (unpaired) electrons. The summed E-state index contributed by atoms with van der Waals surface area (Å²) in [5, 5.41) is 0.970. The van der Waals surface area contributed by atoms with Crippen LogP contribution in [0.3, 0.4) is 0 Å². The summed E-state index contributed by atoms with van der Waals surface area (Å²) >= 11 is 0. The van der Waals surface area contributed by atoms with Crippen LogP contribution in [0.2, 0.25) is 0 Å². The van der Waals surface area contributed by atoms with E-state index in [9.17, 15) is 4.79 Å². The molecular formula is C20H26N2O2. The van der Waals surface area contributed by atoms with Gasteiger partial charge in [-0.05, 0) is 56.7 Å². The highest BCUT2D eigenvalue weighted by atomic mass is 16.5. The van der Waals surface area contributed by atoms with Gasteiger partial charge >= 0.3 is 0 Å². The largest absolute Gasteiger partial charge is 0.496 e. The van der Waals surface area contributed by atoms with E-state index in [-0.39, 0.29) is 11.4 Å².